The third-order valence-electron chi connectivity index (χ3n) is 7.89. The minimum atomic E-state index is -5.48. The second kappa shape index (κ2) is 25.1. The molecular formula is C34H18ClN8Na5O15S3. The molecule has 0 fully saturated rings. The van der Waals surface area contributed by atoms with Gasteiger partial charge in [-0.25, -0.2) is 18.4 Å². The molecule has 0 saturated heterocycles. The summed E-state index contributed by atoms with van der Waals surface area (Å²) in [6, 6.07) is 14.0. The molecule has 0 unspecified atom stereocenters. The van der Waals surface area contributed by atoms with E-state index in [1.54, 1.807) is 6.07 Å². The summed E-state index contributed by atoms with van der Waals surface area (Å²) in [6.07, 6.45) is 0. The number of H-pyrrole nitrogens is 2. The van der Waals surface area contributed by atoms with Crippen LogP contribution in [-0.4, -0.2) is 71.7 Å². The summed E-state index contributed by atoms with van der Waals surface area (Å²) in [7, 11) is -16.0. The van der Waals surface area contributed by atoms with Crippen molar-refractivity contribution in [2.45, 2.75) is 14.7 Å². The van der Waals surface area contributed by atoms with Crippen LogP contribution in [0.5, 0.6) is 5.75 Å². The molecule has 4 N–H and O–H groups in total. The first kappa shape index (κ1) is 61.8. The number of hydrogen-bond donors (Lipinski definition) is 4. The van der Waals surface area contributed by atoms with Crippen molar-refractivity contribution in [1.82, 2.24) is 15.0 Å². The smallest absolute Gasteiger partial charge is 0.870 e. The Hall–Kier alpha value is -2.20. The monoisotopic (exact) mass is 1020 g/mol. The molecule has 23 nitrogen and oxygen atoms in total. The van der Waals surface area contributed by atoms with E-state index in [0.717, 1.165) is 36.4 Å². The average molecular weight is 1030 g/mol. The maximum atomic E-state index is 14.0. The fourth-order valence-corrected chi connectivity index (χ4v) is 7.29. The summed E-state index contributed by atoms with van der Waals surface area (Å²) in [4.78, 5) is 40.2. The van der Waals surface area contributed by atoms with Gasteiger partial charge in [-0.2, -0.15) is 21.8 Å². The molecule has 0 atom stereocenters. The summed E-state index contributed by atoms with van der Waals surface area (Å²) in [5, 5.41) is 55.3. The SMILES string of the molecule is O=C([O-])c1cc(N=c2[nH]c(Cl)nc(=Nc3ccc(S(=O)(=O)O)c(N=Nc4c(S(=O)(=O)O)cc5cc(S(=O)(=O)[O-])cc(N=C([O-])c6ccccc6)c5c4[O-])c3)[nH]2)cc(C(=O)[O-])c1.[Na+].[Na+].[Na+].[Na+].[Na+]. The predicted octanol–water partition coefficient (Wildman–Crippen LogP) is -14.9. The molecular weight excluding hydrogens is 1010 g/mol. The number of hydrogen-bond acceptors (Lipinski definition) is 19. The summed E-state index contributed by atoms with van der Waals surface area (Å²) in [5.74, 6) is -5.98. The van der Waals surface area contributed by atoms with Crippen LogP contribution in [0.1, 0.15) is 26.3 Å². The Morgan fingerprint density at radius 1 is 0.652 bits per heavy atom. The number of aromatic nitrogens is 3. The molecule has 66 heavy (non-hydrogen) atoms. The van der Waals surface area contributed by atoms with Gasteiger partial charge >= 0.3 is 148 Å². The van der Waals surface area contributed by atoms with E-state index in [2.05, 4.69) is 40.2 Å². The molecule has 0 aliphatic heterocycles. The fraction of sp³-hybridized carbons (Fsp3) is 0. The van der Waals surface area contributed by atoms with E-state index in [9.17, 15) is 68.9 Å². The van der Waals surface area contributed by atoms with Crippen LogP contribution in [0.25, 0.3) is 10.8 Å². The van der Waals surface area contributed by atoms with Gasteiger partial charge in [0.15, 0.2) is 0 Å². The van der Waals surface area contributed by atoms with Crippen LogP contribution in [0.3, 0.4) is 0 Å². The van der Waals surface area contributed by atoms with Gasteiger partial charge < -0.3 is 39.6 Å². The van der Waals surface area contributed by atoms with Gasteiger partial charge in [0.05, 0.1) is 39.6 Å². The van der Waals surface area contributed by atoms with Crippen LogP contribution in [0, 0.1) is 0 Å². The molecule has 0 spiro atoms. The number of carbonyl (C=O) groups excluding carboxylic acids is 2. The number of carboxylic acid groups (broad SMARTS) is 2. The van der Waals surface area contributed by atoms with Crippen LogP contribution in [0.2, 0.25) is 5.28 Å². The van der Waals surface area contributed by atoms with E-state index in [0.29, 0.717) is 18.2 Å². The molecule has 0 bridgehead atoms. The molecule has 5 aromatic carbocycles. The Morgan fingerprint density at radius 2 is 1.24 bits per heavy atom. The van der Waals surface area contributed by atoms with Gasteiger partial charge in [-0.15, -0.1) is 10.2 Å². The molecule has 1 heterocycles. The molecule has 6 rings (SSSR count). The van der Waals surface area contributed by atoms with E-state index in [1.807, 2.05) is 0 Å². The van der Waals surface area contributed by atoms with Gasteiger partial charge in [-0.1, -0.05) is 36.1 Å². The van der Waals surface area contributed by atoms with Crippen molar-refractivity contribution in [2.24, 2.45) is 25.2 Å². The molecule has 32 heteroatoms. The number of aromatic amines is 2. The number of fused-ring (bicyclic) bond motifs is 1. The molecule has 1 aromatic heterocycles. The van der Waals surface area contributed by atoms with Crippen molar-refractivity contribution >= 4 is 99.0 Å². The van der Waals surface area contributed by atoms with Crippen molar-refractivity contribution in [3.05, 3.63) is 118 Å². The third-order valence-corrected chi connectivity index (χ3v) is 10.7. The average Bonchev–Trinajstić information content (AvgIpc) is 3.16. The van der Waals surface area contributed by atoms with Gasteiger partial charge in [0.25, 0.3) is 20.2 Å². The largest absolute Gasteiger partial charge is 1.00 e. The van der Waals surface area contributed by atoms with Gasteiger partial charge in [0, 0.05) is 5.39 Å². The van der Waals surface area contributed by atoms with Crippen LogP contribution in [-0.2, 0) is 30.4 Å². The zero-order chi connectivity index (χ0) is 44.6. The normalized spacial score (nSPS) is 12.3. The summed E-state index contributed by atoms with van der Waals surface area (Å²) >= 11 is 6.06. The standard InChI is InChI=1S/C34H23ClN8O15S3.5Na/c35-32-39-33(41-34(40-32)37-20-9-17(30(46)47)8-18(10-20)31(48)49)36-19-6-7-24(60(53,54)55)22(13-19)42-43-27-25(61(56,57)58)12-16-11-21(59(50,51)52)14-23(26(16)28(27)44)38-29(45)15-4-2-1-3-5-15;;;;;/h1-14,44H,(H,38,45)(H,46,47)(H,48,49)(H,50,51,52)(H,53,54,55)(H,56,57,58)(H2,36,37,39,40,41);;;;;/q;5*+1/p-5. The first-order valence-corrected chi connectivity index (χ1v) is 20.8. The van der Waals surface area contributed by atoms with Crippen molar-refractivity contribution < 1.29 is 217 Å². The van der Waals surface area contributed by atoms with Crippen molar-refractivity contribution in [3.63, 3.8) is 0 Å². The van der Waals surface area contributed by atoms with E-state index in [4.69, 9.17) is 11.6 Å². The second-order valence-electron chi connectivity index (χ2n) is 12.0. The maximum Gasteiger partial charge on any atom is 1.00 e. The van der Waals surface area contributed by atoms with E-state index in [1.165, 1.54) is 24.3 Å². The summed E-state index contributed by atoms with van der Waals surface area (Å²) < 4.78 is 106. The summed E-state index contributed by atoms with van der Waals surface area (Å²) in [6.45, 7) is 0. The van der Waals surface area contributed by atoms with Gasteiger partial charge in [0.2, 0.25) is 16.5 Å². The zero-order valence-electron chi connectivity index (χ0n) is 34.6. The number of rotatable bonds is 11. The fourth-order valence-electron chi connectivity index (χ4n) is 5.33. The second-order valence-corrected chi connectivity index (χ2v) is 16.5. The van der Waals surface area contributed by atoms with Crippen LogP contribution < -0.4 is 179 Å². The number of halogens is 1. The van der Waals surface area contributed by atoms with Crippen molar-refractivity contribution in [1.29, 1.82) is 0 Å². The van der Waals surface area contributed by atoms with Gasteiger partial charge in [-0.3, -0.25) is 19.1 Å². The van der Waals surface area contributed by atoms with E-state index in [-0.39, 0.29) is 170 Å². The maximum absolute atomic E-state index is 14.0. The van der Waals surface area contributed by atoms with Crippen molar-refractivity contribution in [2.75, 3.05) is 0 Å². The van der Waals surface area contributed by atoms with Crippen LogP contribution >= 0.6 is 11.6 Å². The molecule has 0 aliphatic rings. The Labute approximate surface area is 487 Å². The summed E-state index contributed by atoms with van der Waals surface area (Å²) in [5.41, 5.74) is -5.24. The Balaban J connectivity index is 0.00000436. The molecule has 0 radical (unpaired) electrons. The molecule has 0 aliphatic carbocycles. The Kier molecular flexibility index (Phi) is 23.5. The van der Waals surface area contributed by atoms with Crippen LogP contribution in [0.4, 0.5) is 28.4 Å². The third kappa shape index (κ3) is 15.4. The van der Waals surface area contributed by atoms with E-state index < -0.39 is 118 Å². The van der Waals surface area contributed by atoms with Gasteiger partial charge in [0.1, 0.15) is 25.6 Å². The number of carboxylic acids is 2. The number of nitrogens with one attached hydrogen (secondary N) is 2. The first-order chi connectivity index (χ1) is 28.5. The van der Waals surface area contributed by atoms with Gasteiger partial charge in [-0.05, 0) is 94.2 Å². The number of carbonyl (C=O) groups is 2. The Bertz CT molecular complexity index is 3380. The topological polar surface area (TPSA) is 399 Å². The van der Waals surface area contributed by atoms with E-state index >= 15 is 0 Å². The number of aromatic carboxylic acids is 2. The van der Waals surface area contributed by atoms with Crippen molar-refractivity contribution in [3.8, 4) is 5.75 Å². The number of nitrogens with zero attached hydrogens (tertiary/aromatic N) is 6. The molecule has 0 saturated carbocycles. The molecule has 314 valence electrons. The predicted molar refractivity (Wildman–Crippen MR) is 198 cm³/mol. The Morgan fingerprint density at radius 3 is 1.79 bits per heavy atom. The number of azo groups is 1. The number of benzene rings is 5. The van der Waals surface area contributed by atoms with Crippen LogP contribution in [0.15, 0.2) is 125 Å². The first-order valence-electron chi connectivity index (χ1n) is 16.1. The quantitative estimate of drug-likeness (QED) is 0.0308. The number of aliphatic imine (C=N–C) groups is 1. The molecule has 6 aromatic rings. The minimum absolute atomic E-state index is 0. The minimum Gasteiger partial charge on any atom is -0.870 e. The molecule has 0 amide bonds. The zero-order valence-corrected chi connectivity index (χ0v) is 47.8.